The number of carbonyl (C=O) groups is 1. The number of ether oxygens (including phenoxy) is 1. The first-order valence-corrected chi connectivity index (χ1v) is 10.4. The van der Waals surface area contributed by atoms with Crippen molar-refractivity contribution in [2.75, 3.05) is 17.7 Å². The van der Waals surface area contributed by atoms with Crippen LogP contribution in [-0.2, 0) is 11.2 Å². The van der Waals surface area contributed by atoms with Crippen LogP contribution in [0.4, 0.5) is 5.13 Å². The fourth-order valence-corrected chi connectivity index (χ4v) is 4.19. The first-order chi connectivity index (χ1) is 13.0. The largest absolute Gasteiger partial charge is 0.494 e. The molecule has 1 amide bonds. The molecule has 0 aliphatic heterocycles. The lowest BCUT2D eigenvalue weighted by Gasteiger charge is -2.05. The van der Waals surface area contributed by atoms with E-state index in [1.54, 1.807) is 6.92 Å². The number of amides is 1. The van der Waals surface area contributed by atoms with Gasteiger partial charge in [0.25, 0.3) is 5.56 Å². The monoisotopic (exact) mass is 404 g/mol. The third-order valence-corrected chi connectivity index (χ3v) is 5.62. The minimum absolute atomic E-state index is 0.133. The van der Waals surface area contributed by atoms with Crippen LogP contribution in [0, 0.1) is 6.92 Å². The number of aryl methyl sites for hydroxylation is 1. The molecule has 0 spiro atoms. The third-order valence-electron chi connectivity index (χ3n) is 3.81. The van der Waals surface area contributed by atoms with Crippen LogP contribution in [0.25, 0.3) is 10.2 Å². The van der Waals surface area contributed by atoms with E-state index < -0.39 is 0 Å². The number of thioether (sulfide) groups is 1. The van der Waals surface area contributed by atoms with Crippen LogP contribution in [-0.4, -0.2) is 33.2 Å². The molecule has 9 heteroatoms. The Balaban J connectivity index is 1.64. The Morgan fingerprint density at radius 2 is 2.15 bits per heavy atom. The smallest absolute Gasteiger partial charge is 0.254 e. The number of rotatable bonds is 7. The summed E-state index contributed by atoms with van der Waals surface area (Å²) in [5, 5.41) is 3.76. The molecule has 7 nitrogen and oxygen atoms in total. The molecule has 2 aromatic heterocycles. The Hall–Kier alpha value is -2.39. The molecule has 27 heavy (non-hydrogen) atoms. The highest BCUT2D eigenvalue weighted by Gasteiger charge is 2.11. The van der Waals surface area contributed by atoms with E-state index in [4.69, 9.17) is 4.74 Å². The summed E-state index contributed by atoms with van der Waals surface area (Å²) in [7, 11) is 0. The van der Waals surface area contributed by atoms with Crippen molar-refractivity contribution in [3.05, 3.63) is 39.8 Å². The summed E-state index contributed by atoms with van der Waals surface area (Å²) in [6, 6.07) is 5.64. The van der Waals surface area contributed by atoms with E-state index in [1.165, 1.54) is 23.1 Å². The number of anilines is 1. The maximum absolute atomic E-state index is 12.2. The molecule has 0 atom stereocenters. The number of H-pyrrole nitrogens is 1. The molecule has 0 unspecified atom stereocenters. The Morgan fingerprint density at radius 1 is 1.33 bits per heavy atom. The van der Waals surface area contributed by atoms with Crippen molar-refractivity contribution in [1.29, 1.82) is 0 Å². The van der Waals surface area contributed by atoms with Crippen molar-refractivity contribution in [1.82, 2.24) is 15.0 Å². The molecule has 0 radical (unpaired) electrons. The number of benzene rings is 1. The van der Waals surface area contributed by atoms with E-state index >= 15 is 0 Å². The number of nitrogens with one attached hydrogen (secondary N) is 2. The Labute approximate surface area is 164 Å². The average molecular weight is 405 g/mol. The van der Waals surface area contributed by atoms with Crippen molar-refractivity contribution in [2.24, 2.45) is 0 Å². The van der Waals surface area contributed by atoms with Gasteiger partial charge in [-0.2, -0.15) is 0 Å². The zero-order valence-electron chi connectivity index (χ0n) is 15.3. The molecule has 1 aromatic carbocycles. The highest BCUT2D eigenvalue weighted by atomic mass is 32.2. The number of carbonyl (C=O) groups excluding carboxylic acids is 1. The molecule has 2 N–H and O–H groups in total. The van der Waals surface area contributed by atoms with Gasteiger partial charge < -0.3 is 15.0 Å². The first kappa shape index (κ1) is 19.4. The van der Waals surface area contributed by atoms with Gasteiger partial charge >= 0.3 is 0 Å². The highest BCUT2D eigenvalue weighted by molar-refractivity contribution is 7.99. The Bertz CT molecular complexity index is 1030. The minimum atomic E-state index is -0.205. The van der Waals surface area contributed by atoms with Crippen LogP contribution in [0.5, 0.6) is 5.75 Å². The van der Waals surface area contributed by atoms with Crippen molar-refractivity contribution < 1.29 is 9.53 Å². The number of aromatic nitrogens is 3. The zero-order chi connectivity index (χ0) is 19.4. The lowest BCUT2D eigenvalue weighted by atomic mass is 10.2. The van der Waals surface area contributed by atoms with E-state index in [9.17, 15) is 9.59 Å². The summed E-state index contributed by atoms with van der Waals surface area (Å²) in [6.07, 6.45) is 0.627. The predicted octanol–water partition coefficient (Wildman–Crippen LogP) is 3.38. The van der Waals surface area contributed by atoms with Gasteiger partial charge in [-0.3, -0.25) is 9.59 Å². The lowest BCUT2D eigenvalue weighted by Crippen LogP contribution is -2.18. The van der Waals surface area contributed by atoms with Crippen molar-refractivity contribution >= 4 is 44.4 Å². The second-order valence-corrected chi connectivity index (χ2v) is 7.70. The molecule has 142 valence electrons. The molecule has 0 saturated heterocycles. The average Bonchev–Trinajstić information content (AvgIpc) is 3.01. The molecule has 0 fully saturated rings. The fourth-order valence-electron chi connectivity index (χ4n) is 2.57. The number of thiazole rings is 1. The predicted molar refractivity (Wildman–Crippen MR) is 109 cm³/mol. The fraction of sp³-hybridized carbons (Fsp3) is 0.333. The summed E-state index contributed by atoms with van der Waals surface area (Å²) in [5.41, 5.74) is 2.03. The number of hydrogen-bond donors (Lipinski definition) is 2. The summed E-state index contributed by atoms with van der Waals surface area (Å²) in [4.78, 5) is 35.7. The van der Waals surface area contributed by atoms with Crippen LogP contribution in [0.1, 0.15) is 25.1 Å². The maximum Gasteiger partial charge on any atom is 0.254 e. The molecule has 3 rings (SSSR count). The SMILES string of the molecule is CCOc1ccc2nc(NC(=O)CSc3nc(C)c(CC)c(=O)[nH]3)sc2c1. The molecule has 0 aliphatic carbocycles. The number of hydrogen-bond acceptors (Lipinski definition) is 7. The van der Waals surface area contributed by atoms with Crippen LogP contribution in [0.3, 0.4) is 0 Å². The zero-order valence-corrected chi connectivity index (χ0v) is 16.9. The van der Waals surface area contributed by atoms with Gasteiger partial charge in [0.1, 0.15) is 5.75 Å². The first-order valence-electron chi connectivity index (χ1n) is 8.56. The van der Waals surface area contributed by atoms with E-state index in [-0.39, 0.29) is 17.2 Å². The summed E-state index contributed by atoms with van der Waals surface area (Å²) in [5.74, 6) is 0.709. The Kier molecular flexibility index (Phi) is 6.12. The molecule has 0 aliphatic rings. The molecule has 0 bridgehead atoms. The number of nitrogens with zero attached hydrogens (tertiary/aromatic N) is 2. The summed E-state index contributed by atoms with van der Waals surface area (Å²) >= 11 is 2.58. The Morgan fingerprint density at radius 3 is 2.85 bits per heavy atom. The second-order valence-electron chi connectivity index (χ2n) is 5.71. The van der Waals surface area contributed by atoms with Crippen LogP contribution in [0.15, 0.2) is 28.2 Å². The van der Waals surface area contributed by atoms with E-state index in [2.05, 4.69) is 20.3 Å². The quantitative estimate of drug-likeness (QED) is 0.463. The molecular weight excluding hydrogens is 384 g/mol. The number of aromatic amines is 1. The van der Waals surface area contributed by atoms with Crippen LogP contribution in [0.2, 0.25) is 0 Å². The van der Waals surface area contributed by atoms with Gasteiger partial charge in [-0.25, -0.2) is 9.97 Å². The van der Waals surface area contributed by atoms with Crippen molar-refractivity contribution in [2.45, 2.75) is 32.3 Å². The number of fused-ring (bicyclic) bond motifs is 1. The second kappa shape index (κ2) is 8.53. The standard InChI is InChI=1S/C18H20N4O3S2/c1-4-12-10(3)19-17(22-16(12)24)26-9-15(23)21-18-20-13-7-6-11(25-5-2)8-14(13)27-18/h6-8H,4-5,9H2,1-3H3,(H,19,22,24)(H,20,21,23). The summed E-state index contributed by atoms with van der Waals surface area (Å²) in [6.45, 7) is 6.24. The van der Waals surface area contributed by atoms with Crippen LogP contribution < -0.4 is 15.6 Å². The summed E-state index contributed by atoms with van der Waals surface area (Å²) < 4.78 is 6.42. The van der Waals surface area contributed by atoms with E-state index in [0.717, 1.165) is 16.0 Å². The van der Waals surface area contributed by atoms with Crippen LogP contribution >= 0.6 is 23.1 Å². The van der Waals surface area contributed by atoms with Crippen molar-refractivity contribution in [3.63, 3.8) is 0 Å². The highest BCUT2D eigenvalue weighted by Crippen LogP contribution is 2.29. The molecule has 0 saturated carbocycles. The van der Waals surface area contributed by atoms with Gasteiger partial charge in [0, 0.05) is 11.3 Å². The van der Waals surface area contributed by atoms with E-state index in [1.807, 2.05) is 32.0 Å². The third kappa shape index (κ3) is 4.67. The van der Waals surface area contributed by atoms with Gasteiger partial charge in [0.2, 0.25) is 5.91 Å². The normalized spacial score (nSPS) is 10.9. The topological polar surface area (TPSA) is 97.0 Å². The van der Waals surface area contributed by atoms with Gasteiger partial charge in [-0.1, -0.05) is 30.0 Å². The molecule has 3 aromatic rings. The van der Waals surface area contributed by atoms with E-state index in [0.29, 0.717) is 34.6 Å². The van der Waals surface area contributed by atoms with Gasteiger partial charge in [-0.05, 0) is 38.5 Å². The minimum Gasteiger partial charge on any atom is -0.494 e. The molecule has 2 heterocycles. The van der Waals surface area contributed by atoms with Gasteiger partial charge in [0.05, 0.1) is 22.6 Å². The van der Waals surface area contributed by atoms with Gasteiger partial charge in [-0.15, -0.1) is 0 Å². The lowest BCUT2D eigenvalue weighted by molar-refractivity contribution is -0.113. The van der Waals surface area contributed by atoms with Gasteiger partial charge in [0.15, 0.2) is 10.3 Å². The molecular formula is C18H20N4O3S2. The van der Waals surface area contributed by atoms with Crippen molar-refractivity contribution in [3.8, 4) is 5.75 Å². The maximum atomic E-state index is 12.2.